The third-order valence-corrected chi connectivity index (χ3v) is 3.45. The van der Waals surface area contributed by atoms with Gasteiger partial charge in [-0.25, -0.2) is 4.79 Å². The molecule has 0 heterocycles. The Balaban J connectivity index is 1.95. The van der Waals surface area contributed by atoms with Gasteiger partial charge in [0.2, 0.25) is 5.91 Å². The number of rotatable bonds is 4. The Kier molecular flexibility index (Phi) is 3.65. The van der Waals surface area contributed by atoms with Gasteiger partial charge in [-0.15, -0.1) is 0 Å². The maximum Gasteiger partial charge on any atom is 0.335 e. The van der Waals surface area contributed by atoms with Gasteiger partial charge in [0.1, 0.15) is 0 Å². The van der Waals surface area contributed by atoms with Crippen molar-refractivity contribution in [1.82, 2.24) is 4.90 Å². The van der Waals surface area contributed by atoms with E-state index in [0.29, 0.717) is 6.54 Å². The molecule has 2 rings (SSSR count). The molecular weight excluding hydrogens is 230 g/mol. The number of amides is 1. The molecule has 0 saturated heterocycles. The van der Waals surface area contributed by atoms with E-state index in [-0.39, 0.29) is 17.4 Å². The average Bonchev–Trinajstić information content (AvgIpc) is 2.27. The van der Waals surface area contributed by atoms with E-state index in [0.717, 1.165) is 24.8 Å². The van der Waals surface area contributed by atoms with Crippen LogP contribution in [0.15, 0.2) is 24.3 Å². The molecule has 0 unspecified atom stereocenters. The van der Waals surface area contributed by atoms with Gasteiger partial charge in [-0.1, -0.05) is 18.6 Å². The number of aromatic carboxylic acids is 1. The monoisotopic (exact) mass is 247 g/mol. The second kappa shape index (κ2) is 5.21. The number of hydrogen-bond acceptors (Lipinski definition) is 2. The normalized spacial score (nSPS) is 14.9. The predicted molar refractivity (Wildman–Crippen MR) is 67.2 cm³/mol. The Bertz CT molecular complexity index is 449. The van der Waals surface area contributed by atoms with Crippen molar-refractivity contribution in [2.24, 2.45) is 5.92 Å². The quantitative estimate of drug-likeness (QED) is 0.886. The lowest BCUT2D eigenvalue weighted by atomic mass is 9.84. The van der Waals surface area contributed by atoms with E-state index in [4.69, 9.17) is 5.11 Å². The lowest BCUT2D eigenvalue weighted by Crippen LogP contribution is -2.35. The van der Waals surface area contributed by atoms with Gasteiger partial charge in [-0.05, 0) is 30.5 Å². The van der Waals surface area contributed by atoms with Gasteiger partial charge in [-0.2, -0.15) is 0 Å². The molecule has 0 aliphatic heterocycles. The van der Waals surface area contributed by atoms with Crippen LogP contribution in [0.5, 0.6) is 0 Å². The van der Waals surface area contributed by atoms with Crippen LogP contribution in [0.2, 0.25) is 0 Å². The number of benzene rings is 1. The van der Waals surface area contributed by atoms with Gasteiger partial charge in [0.05, 0.1) is 5.56 Å². The average molecular weight is 247 g/mol. The highest BCUT2D eigenvalue weighted by molar-refractivity contribution is 5.87. The maximum absolute atomic E-state index is 11.9. The smallest absolute Gasteiger partial charge is 0.335 e. The zero-order valence-electron chi connectivity index (χ0n) is 10.4. The minimum Gasteiger partial charge on any atom is -0.478 e. The van der Waals surface area contributed by atoms with Crippen molar-refractivity contribution in [3.8, 4) is 0 Å². The van der Waals surface area contributed by atoms with Gasteiger partial charge in [-0.3, -0.25) is 4.79 Å². The fourth-order valence-electron chi connectivity index (χ4n) is 2.07. The number of carbonyl (C=O) groups is 2. The van der Waals surface area contributed by atoms with Gasteiger partial charge in [0.25, 0.3) is 0 Å². The van der Waals surface area contributed by atoms with Crippen LogP contribution >= 0.6 is 0 Å². The molecule has 0 spiro atoms. The number of carbonyl (C=O) groups excluding carboxylic acids is 1. The summed E-state index contributed by atoms with van der Waals surface area (Å²) in [5.41, 5.74) is 1.22. The summed E-state index contributed by atoms with van der Waals surface area (Å²) in [4.78, 5) is 24.4. The van der Waals surface area contributed by atoms with E-state index in [1.165, 1.54) is 0 Å². The fraction of sp³-hybridized carbons (Fsp3) is 0.429. The Hall–Kier alpha value is -1.84. The summed E-state index contributed by atoms with van der Waals surface area (Å²) >= 11 is 0. The van der Waals surface area contributed by atoms with Crippen molar-refractivity contribution in [2.45, 2.75) is 25.8 Å². The zero-order valence-corrected chi connectivity index (χ0v) is 10.4. The second-order valence-corrected chi connectivity index (χ2v) is 4.82. The molecule has 0 radical (unpaired) electrons. The van der Waals surface area contributed by atoms with E-state index >= 15 is 0 Å². The number of carboxylic acid groups (broad SMARTS) is 1. The molecule has 18 heavy (non-hydrogen) atoms. The lowest BCUT2D eigenvalue weighted by Gasteiger charge is -2.29. The summed E-state index contributed by atoms with van der Waals surface area (Å²) in [6.45, 7) is 0.537. The maximum atomic E-state index is 11.9. The minimum atomic E-state index is -0.930. The molecule has 1 aliphatic rings. The first-order chi connectivity index (χ1) is 8.58. The second-order valence-electron chi connectivity index (χ2n) is 4.82. The molecule has 1 N–H and O–H groups in total. The molecule has 1 aromatic rings. The molecule has 1 saturated carbocycles. The number of carboxylic acids is 1. The van der Waals surface area contributed by atoms with Crippen LogP contribution in [0.25, 0.3) is 0 Å². The molecule has 4 heteroatoms. The predicted octanol–water partition coefficient (Wildman–Crippen LogP) is 2.14. The van der Waals surface area contributed by atoms with Crippen molar-refractivity contribution >= 4 is 11.9 Å². The fourth-order valence-corrected chi connectivity index (χ4v) is 2.07. The first kappa shape index (κ1) is 12.6. The summed E-state index contributed by atoms with van der Waals surface area (Å²) < 4.78 is 0. The van der Waals surface area contributed by atoms with E-state index in [1.54, 1.807) is 36.2 Å². The molecule has 96 valence electrons. The van der Waals surface area contributed by atoms with Crippen LogP contribution in [0.3, 0.4) is 0 Å². The molecule has 1 fully saturated rings. The number of hydrogen-bond donors (Lipinski definition) is 1. The number of nitrogens with zero attached hydrogens (tertiary/aromatic N) is 1. The Labute approximate surface area is 106 Å². The lowest BCUT2D eigenvalue weighted by molar-refractivity contribution is -0.137. The van der Waals surface area contributed by atoms with Crippen LogP contribution in [0.4, 0.5) is 0 Å². The van der Waals surface area contributed by atoms with Crippen LogP contribution in [-0.4, -0.2) is 28.9 Å². The van der Waals surface area contributed by atoms with Gasteiger partial charge in [0, 0.05) is 19.5 Å². The van der Waals surface area contributed by atoms with E-state index in [1.807, 2.05) is 0 Å². The van der Waals surface area contributed by atoms with Gasteiger partial charge >= 0.3 is 5.97 Å². The molecule has 0 atom stereocenters. The highest BCUT2D eigenvalue weighted by Gasteiger charge is 2.27. The van der Waals surface area contributed by atoms with Crippen molar-refractivity contribution in [3.63, 3.8) is 0 Å². The third-order valence-electron chi connectivity index (χ3n) is 3.45. The summed E-state index contributed by atoms with van der Waals surface area (Å²) in [5, 5.41) is 8.79. The Morgan fingerprint density at radius 2 is 1.89 bits per heavy atom. The largest absolute Gasteiger partial charge is 0.478 e. The van der Waals surface area contributed by atoms with E-state index < -0.39 is 5.97 Å². The minimum absolute atomic E-state index is 0.198. The molecule has 1 amide bonds. The van der Waals surface area contributed by atoms with Crippen LogP contribution in [-0.2, 0) is 11.3 Å². The highest BCUT2D eigenvalue weighted by atomic mass is 16.4. The molecule has 4 nitrogen and oxygen atoms in total. The highest BCUT2D eigenvalue weighted by Crippen LogP contribution is 2.28. The van der Waals surface area contributed by atoms with Crippen LogP contribution < -0.4 is 0 Å². The standard InChI is InChI=1S/C14H17NO3/c1-15(13(16)11-3-2-4-11)9-10-5-7-12(8-6-10)14(17)18/h5-8,11H,2-4,9H2,1H3,(H,17,18). The molecule has 1 aliphatic carbocycles. The Morgan fingerprint density at radius 3 is 2.33 bits per heavy atom. The third kappa shape index (κ3) is 2.70. The van der Waals surface area contributed by atoms with Crippen LogP contribution in [0, 0.1) is 5.92 Å². The van der Waals surface area contributed by atoms with Crippen molar-refractivity contribution in [3.05, 3.63) is 35.4 Å². The van der Waals surface area contributed by atoms with Crippen molar-refractivity contribution in [1.29, 1.82) is 0 Å². The summed E-state index contributed by atoms with van der Waals surface area (Å²) in [6.07, 6.45) is 3.15. The zero-order chi connectivity index (χ0) is 13.1. The van der Waals surface area contributed by atoms with Gasteiger partial charge in [0.15, 0.2) is 0 Å². The SMILES string of the molecule is CN(Cc1ccc(C(=O)O)cc1)C(=O)C1CCC1. The summed E-state index contributed by atoms with van der Waals surface area (Å²) in [5.74, 6) is -0.530. The summed E-state index contributed by atoms with van der Waals surface area (Å²) in [6, 6.07) is 6.65. The first-order valence-electron chi connectivity index (χ1n) is 6.15. The molecule has 0 aromatic heterocycles. The first-order valence-corrected chi connectivity index (χ1v) is 6.15. The molecular formula is C14H17NO3. The Morgan fingerprint density at radius 1 is 1.28 bits per heavy atom. The molecule has 1 aromatic carbocycles. The van der Waals surface area contributed by atoms with E-state index in [2.05, 4.69) is 0 Å². The van der Waals surface area contributed by atoms with Crippen LogP contribution in [0.1, 0.15) is 35.2 Å². The topological polar surface area (TPSA) is 57.6 Å². The van der Waals surface area contributed by atoms with E-state index in [9.17, 15) is 9.59 Å². The van der Waals surface area contributed by atoms with Crippen molar-refractivity contribution in [2.75, 3.05) is 7.05 Å². The van der Waals surface area contributed by atoms with Gasteiger partial charge < -0.3 is 10.0 Å². The van der Waals surface area contributed by atoms with Crippen molar-refractivity contribution < 1.29 is 14.7 Å². The molecule has 0 bridgehead atoms. The summed E-state index contributed by atoms with van der Waals surface area (Å²) in [7, 11) is 1.80.